The fraction of sp³-hybridized carbons (Fsp3) is 0.824. The van der Waals surface area contributed by atoms with Gasteiger partial charge in [-0.1, -0.05) is 12.1 Å². The van der Waals surface area contributed by atoms with Crippen LogP contribution in [0.4, 0.5) is 4.79 Å². The van der Waals surface area contributed by atoms with Crippen LogP contribution in [0.2, 0.25) is 0 Å². The molecule has 7 nitrogen and oxygen atoms in total. The molecule has 2 rings (SSSR count). The van der Waals surface area contributed by atoms with Crippen LogP contribution < -0.4 is 5.32 Å². The van der Waals surface area contributed by atoms with E-state index in [4.69, 9.17) is 9.26 Å². The summed E-state index contributed by atoms with van der Waals surface area (Å²) in [5.74, 6) is 1.30. The Hall–Kier alpha value is -1.63. The molecule has 1 aromatic heterocycles. The minimum absolute atomic E-state index is 0.0838. The quantitative estimate of drug-likeness (QED) is 0.908. The van der Waals surface area contributed by atoms with E-state index in [1.807, 2.05) is 25.7 Å². The predicted octanol–water partition coefficient (Wildman–Crippen LogP) is 3.21. The monoisotopic (exact) mass is 338 g/mol. The normalized spacial score (nSPS) is 20.5. The highest BCUT2D eigenvalue weighted by molar-refractivity contribution is 5.68. The van der Waals surface area contributed by atoms with Gasteiger partial charge in [-0.3, -0.25) is 0 Å². The number of ether oxygens (including phenoxy) is 1. The van der Waals surface area contributed by atoms with E-state index in [2.05, 4.69) is 22.4 Å². The Kier molecular flexibility index (Phi) is 6.21. The van der Waals surface area contributed by atoms with Crippen molar-refractivity contribution in [3.8, 4) is 0 Å². The number of nitrogens with zero attached hydrogens (tertiary/aromatic N) is 3. The number of rotatable bonds is 4. The standard InChI is InChI=1S/C17H30N4O3/c1-6-14(15-18-12(2)24-20-15)19-13-8-7-10-21(11-9-13)16(22)23-17(3,4)5/h13-14,19H,6-11H2,1-5H3/t13-,14-/m1/s1. The third-order valence-electron chi connectivity index (χ3n) is 4.08. The molecule has 2 atom stereocenters. The van der Waals surface area contributed by atoms with Crippen molar-refractivity contribution in [1.29, 1.82) is 0 Å². The van der Waals surface area contributed by atoms with Crippen molar-refractivity contribution in [2.45, 2.75) is 78.0 Å². The molecule has 1 aliphatic heterocycles. The van der Waals surface area contributed by atoms with Crippen LogP contribution in [0, 0.1) is 6.92 Å². The van der Waals surface area contributed by atoms with Gasteiger partial charge in [-0.2, -0.15) is 4.98 Å². The highest BCUT2D eigenvalue weighted by atomic mass is 16.6. The molecule has 136 valence electrons. The topological polar surface area (TPSA) is 80.5 Å². The van der Waals surface area contributed by atoms with Crippen molar-refractivity contribution in [2.75, 3.05) is 13.1 Å². The van der Waals surface area contributed by atoms with E-state index >= 15 is 0 Å². The summed E-state index contributed by atoms with van der Waals surface area (Å²) in [5.41, 5.74) is -0.454. The third kappa shape index (κ3) is 5.47. The Bertz CT molecular complexity index is 538. The van der Waals surface area contributed by atoms with E-state index in [0.717, 1.165) is 32.2 Å². The summed E-state index contributed by atoms with van der Waals surface area (Å²) in [5, 5.41) is 7.65. The number of hydrogen-bond acceptors (Lipinski definition) is 6. The Morgan fingerprint density at radius 2 is 2.17 bits per heavy atom. The molecule has 0 spiro atoms. The van der Waals surface area contributed by atoms with E-state index in [1.54, 1.807) is 6.92 Å². The minimum atomic E-state index is -0.454. The number of nitrogens with one attached hydrogen (secondary N) is 1. The Morgan fingerprint density at radius 1 is 1.42 bits per heavy atom. The molecule has 1 fully saturated rings. The van der Waals surface area contributed by atoms with Crippen molar-refractivity contribution < 1.29 is 14.1 Å². The molecule has 1 N–H and O–H groups in total. The second-order valence-electron chi connectivity index (χ2n) is 7.39. The molecule has 7 heteroatoms. The SMILES string of the molecule is CC[C@@H](N[C@@H]1CCCN(C(=O)OC(C)(C)C)CC1)c1noc(C)n1. The summed E-state index contributed by atoms with van der Waals surface area (Å²) >= 11 is 0. The summed E-state index contributed by atoms with van der Waals surface area (Å²) in [7, 11) is 0. The molecule has 1 saturated heterocycles. The van der Waals surface area contributed by atoms with Gasteiger partial charge in [0, 0.05) is 26.1 Å². The molecular weight excluding hydrogens is 308 g/mol. The fourth-order valence-corrected chi connectivity index (χ4v) is 2.89. The lowest BCUT2D eigenvalue weighted by atomic mass is 10.1. The molecule has 0 unspecified atom stereocenters. The van der Waals surface area contributed by atoms with Gasteiger partial charge in [0.15, 0.2) is 5.82 Å². The summed E-state index contributed by atoms with van der Waals surface area (Å²) in [6.45, 7) is 11.0. The molecule has 0 bridgehead atoms. The van der Waals surface area contributed by atoms with E-state index in [0.29, 0.717) is 24.3 Å². The van der Waals surface area contributed by atoms with E-state index in [-0.39, 0.29) is 12.1 Å². The number of aromatic nitrogens is 2. The second-order valence-corrected chi connectivity index (χ2v) is 7.39. The predicted molar refractivity (Wildman–Crippen MR) is 90.6 cm³/mol. The number of carbonyl (C=O) groups is 1. The smallest absolute Gasteiger partial charge is 0.410 e. The Morgan fingerprint density at radius 3 is 2.75 bits per heavy atom. The van der Waals surface area contributed by atoms with Crippen molar-refractivity contribution >= 4 is 6.09 Å². The van der Waals surface area contributed by atoms with Crippen LogP contribution in [0.15, 0.2) is 4.52 Å². The van der Waals surface area contributed by atoms with Crippen molar-refractivity contribution in [2.24, 2.45) is 0 Å². The van der Waals surface area contributed by atoms with Crippen LogP contribution in [-0.2, 0) is 4.74 Å². The van der Waals surface area contributed by atoms with Gasteiger partial charge >= 0.3 is 6.09 Å². The lowest BCUT2D eigenvalue weighted by Gasteiger charge is -2.26. The summed E-state index contributed by atoms with van der Waals surface area (Å²) in [6, 6.07) is 0.418. The maximum absolute atomic E-state index is 12.2. The van der Waals surface area contributed by atoms with Gasteiger partial charge in [0.1, 0.15) is 5.60 Å². The van der Waals surface area contributed by atoms with Gasteiger partial charge in [0.05, 0.1) is 6.04 Å². The zero-order valence-corrected chi connectivity index (χ0v) is 15.5. The van der Waals surface area contributed by atoms with Crippen LogP contribution in [0.1, 0.15) is 71.1 Å². The highest BCUT2D eigenvalue weighted by Crippen LogP contribution is 2.20. The van der Waals surface area contributed by atoms with Gasteiger partial charge in [0.2, 0.25) is 5.89 Å². The van der Waals surface area contributed by atoms with E-state index < -0.39 is 5.60 Å². The zero-order valence-electron chi connectivity index (χ0n) is 15.5. The zero-order chi connectivity index (χ0) is 17.7. The molecule has 0 aliphatic carbocycles. The summed E-state index contributed by atoms with van der Waals surface area (Å²) < 4.78 is 10.6. The fourth-order valence-electron chi connectivity index (χ4n) is 2.89. The molecule has 2 heterocycles. The average molecular weight is 338 g/mol. The van der Waals surface area contributed by atoms with Gasteiger partial charge in [-0.05, 0) is 46.5 Å². The first-order valence-corrected chi connectivity index (χ1v) is 8.82. The molecule has 0 radical (unpaired) electrons. The molecular formula is C17H30N4O3. The van der Waals surface area contributed by atoms with E-state index in [1.165, 1.54) is 0 Å². The number of carbonyl (C=O) groups excluding carboxylic acids is 1. The number of amides is 1. The van der Waals surface area contributed by atoms with Crippen LogP contribution in [0.3, 0.4) is 0 Å². The Labute approximate surface area is 144 Å². The molecule has 1 aromatic rings. The Balaban J connectivity index is 1.89. The molecule has 24 heavy (non-hydrogen) atoms. The first kappa shape index (κ1) is 18.7. The van der Waals surface area contributed by atoms with Crippen molar-refractivity contribution in [3.05, 3.63) is 11.7 Å². The van der Waals surface area contributed by atoms with E-state index in [9.17, 15) is 4.79 Å². The lowest BCUT2D eigenvalue weighted by Crippen LogP contribution is -2.38. The molecule has 1 amide bonds. The molecule has 0 saturated carbocycles. The molecule has 1 aliphatic rings. The minimum Gasteiger partial charge on any atom is -0.444 e. The van der Waals surface area contributed by atoms with Crippen molar-refractivity contribution in [3.63, 3.8) is 0 Å². The number of likely N-dealkylation sites (tertiary alicyclic amines) is 1. The van der Waals surface area contributed by atoms with Crippen LogP contribution >= 0.6 is 0 Å². The summed E-state index contributed by atoms with van der Waals surface area (Å²) in [4.78, 5) is 18.4. The highest BCUT2D eigenvalue weighted by Gasteiger charge is 2.27. The number of aryl methyl sites for hydroxylation is 1. The molecule has 0 aromatic carbocycles. The van der Waals surface area contributed by atoms with Crippen LogP contribution in [0.25, 0.3) is 0 Å². The van der Waals surface area contributed by atoms with Gasteiger partial charge in [-0.15, -0.1) is 0 Å². The maximum Gasteiger partial charge on any atom is 0.410 e. The van der Waals surface area contributed by atoms with Crippen LogP contribution in [0.5, 0.6) is 0 Å². The lowest BCUT2D eigenvalue weighted by molar-refractivity contribution is 0.0256. The van der Waals surface area contributed by atoms with Crippen molar-refractivity contribution in [1.82, 2.24) is 20.4 Å². The first-order valence-electron chi connectivity index (χ1n) is 8.82. The van der Waals surface area contributed by atoms with Gasteiger partial charge in [0.25, 0.3) is 0 Å². The average Bonchev–Trinajstić information content (AvgIpc) is 2.78. The number of hydrogen-bond donors (Lipinski definition) is 1. The second kappa shape index (κ2) is 7.96. The maximum atomic E-state index is 12.2. The largest absolute Gasteiger partial charge is 0.444 e. The van der Waals surface area contributed by atoms with Crippen LogP contribution in [-0.4, -0.2) is 45.9 Å². The third-order valence-corrected chi connectivity index (χ3v) is 4.08. The first-order chi connectivity index (χ1) is 11.3. The summed E-state index contributed by atoms with van der Waals surface area (Å²) in [6.07, 6.45) is 3.55. The van der Waals surface area contributed by atoms with Gasteiger partial charge < -0.3 is 19.5 Å². The van der Waals surface area contributed by atoms with Gasteiger partial charge in [-0.25, -0.2) is 4.79 Å².